The molecule has 0 aromatic rings. The maximum atomic E-state index is 11.8. The van der Waals surface area contributed by atoms with Gasteiger partial charge in [0.15, 0.2) is 0 Å². The van der Waals surface area contributed by atoms with Crippen LogP contribution in [-0.4, -0.2) is 33.5 Å². The third-order valence-electron chi connectivity index (χ3n) is 3.33. The first-order chi connectivity index (χ1) is 9.77. The van der Waals surface area contributed by atoms with E-state index in [4.69, 9.17) is 0 Å². The summed E-state index contributed by atoms with van der Waals surface area (Å²) in [7, 11) is 6.20. The summed E-state index contributed by atoms with van der Waals surface area (Å²) in [6.07, 6.45) is 7.89. The van der Waals surface area contributed by atoms with Gasteiger partial charge < -0.3 is 0 Å². The van der Waals surface area contributed by atoms with E-state index in [0.29, 0.717) is 12.8 Å². The second-order valence-corrected chi connectivity index (χ2v) is 10.5. The van der Waals surface area contributed by atoms with E-state index in [0.717, 1.165) is 51.6 Å². The molecule has 4 nitrogen and oxygen atoms in total. The fraction of sp³-hybridized carbons (Fsp3) is 0.833. The van der Waals surface area contributed by atoms with Crippen molar-refractivity contribution >= 4 is 53.4 Å². The fourth-order valence-corrected chi connectivity index (χ4v) is 7.77. The Labute approximate surface area is 136 Å². The molecule has 0 bridgehead atoms. The van der Waals surface area contributed by atoms with Crippen LogP contribution in [0.15, 0.2) is 0 Å². The molecule has 0 saturated carbocycles. The highest BCUT2D eigenvalue weighted by molar-refractivity contribution is 9.25. The Morgan fingerprint density at radius 3 is 1.55 bits per heavy atom. The number of nitrogens with zero attached hydrogens (tertiary/aromatic N) is 2. The van der Waals surface area contributed by atoms with E-state index < -0.39 is 0 Å². The minimum absolute atomic E-state index is 0.247. The Hall–Kier alpha value is 0.340. The van der Waals surface area contributed by atoms with E-state index in [1.54, 1.807) is 19.7 Å². The lowest BCUT2D eigenvalue weighted by molar-refractivity contribution is -0.126. The van der Waals surface area contributed by atoms with Crippen LogP contribution >= 0.6 is 41.6 Å². The SMILES string of the molecule is O=C1CCCCCN1SSSSN1CCCCCC1=O. The Bertz CT molecular complexity index is 311. The van der Waals surface area contributed by atoms with E-state index in [2.05, 4.69) is 0 Å². The van der Waals surface area contributed by atoms with Gasteiger partial charge in [-0.1, -0.05) is 12.8 Å². The van der Waals surface area contributed by atoms with Gasteiger partial charge in [0.05, 0.1) is 0 Å². The molecule has 0 radical (unpaired) electrons. The van der Waals surface area contributed by atoms with Crippen LogP contribution in [0.2, 0.25) is 0 Å². The van der Waals surface area contributed by atoms with Crippen LogP contribution in [-0.2, 0) is 9.59 Å². The smallest absolute Gasteiger partial charge is 0.233 e. The van der Waals surface area contributed by atoms with Crippen molar-refractivity contribution in [1.82, 2.24) is 8.61 Å². The molecule has 2 aliphatic heterocycles. The monoisotopic (exact) mass is 352 g/mol. The average Bonchev–Trinajstić information content (AvgIpc) is 2.77. The van der Waals surface area contributed by atoms with E-state index in [-0.39, 0.29) is 11.8 Å². The third kappa shape index (κ3) is 5.61. The molecule has 2 aliphatic rings. The molecule has 114 valence electrons. The number of hydrogen-bond donors (Lipinski definition) is 0. The molecule has 2 heterocycles. The topological polar surface area (TPSA) is 40.6 Å². The van der Waals surface area contributed by atoms with Gasteiger partial charge in [0.2, 0.25) is 11.8 Å². The molecule has 0 aliphatic carbocycles. The van der Waals surface area contributed by atoms with E-state index in [1.165, 1.54) is 22.0 Å². The zero-order valence-electron chi connectivity index (χ0n) is 11.4. The number of carbonyl (C=O) groups excluding carboxylic acids is 2. The molecule has 8 heteroatoms. The highest BCUT2D eigenvalue weighted by Crippen LogP contribution is 2.46. The molecule has 0 atom stereocenters. The maximum absolute atomic E-state index is 11.8. The summed E-state index contributed by atoms with van der Waals surface area (Å²) in [6, 6.07) is 0. The van der Waals surface area contributed by atoms with Crippen LogP contribution in [0.5, 0.6) is 0 Å². The van der Waals surface area contributed by atoms with Crippen molar-refractivity contribution in [3.63, 3.8) is 0 Å². The van der Waals surface area contributed by atoms with Crippen molar-refractivity contribution < 1.29 is 9.59 Å². The lowest BCUT2D eigenvalue weighted by Crippen LogP contribution is -2.22. The minimum atomic E-state index is 0.247. The Kier molecular flexibility index (Phi) is 7.83. The lowest BCUT2D eigenvalue weighted by atomic mass is 10.2. The molecule has 0 spiro atoms. The first-order valence-electron chi connectivity index (χ1n) is 7.06. The first-order valence-corrected chi connectivity index (χ1v) is 11.8. The molecule has 0 N–H and O–H groups in total. The van der Waals surface area contributed by atoms with Crippen LogP contribution in [0.1, 0.15) is 51.4 Å². The minimum Gasteiger partial charge on any atom is -0.277 e. The Morgan fingerprint density at radius 2 is 1.10 bits per heavy atom. The zero-order chi connectivity index (χ0) is 14.2. The largest absolute Gasteiger partial charge is 0.277 e. The Morgan fingerprint density at radius 1 is 0.650 bits per heavy atom. The van der Waals surface area contributed by atoms with Crippen molar-refractivity contribution in [1.29, 1.82) is 0 Å². The molecule has 2 saturated heterocycles. The standard InChI is InChI=1S/C12H20N2O2S4/c15-11-7-3-1-5-9-13(11)17-19-20-18-14-10-6-2-4-8-12(14)16/h1-10H2. The summed E-state index contributed by atoms with van der Waals surface area (Å²) in [5.74, 6) is 0.493. The van der Waals surface area contributed by atoms with Crippen LogP contribution in [0.4, 0.5) is 0 Å². The predicted octanol–water partition coefficient (Wildman–Crippen LogP) is 4.30. The van der Waals surface area contributed by atoms with Gasteiger partial charge in [-0.3, -0.25) is 18.2 Å². The molecular formula is C12H20N2O2S4. The fourth-order valence-electron chi connectivity index (χ4n) is 2.17. The van der Waals surface area contributed by atoms with Crippen molar-refractivity contribution in [3.8, 4) is 0 Å². The second-order valence-electron chi connectivity index (χ2n) is 4.90. The summed E-state index contributed by atoms with van der Waals surface area (Å²) in [6.45, 7) is 1.70. The molecule has 2 rings (SSSR count). The van der Waals surface area contributed by atoms with Gasteiger partial charge in [0.25, 0.3) is 0 Å². The van der Waals surface area contributed by atoms with Crippen LogP contribution in [0, 0.1) is 0 Å². The first kappa shape index (κ1) is 16.7. The summed E-state index contributed by atoms with van der Waals surface area (Å²) in [5.41, 5.74) is 0. The quantitative estimate of drug-likeness (QED) is 0.417. The van der Waals surface area contributed by atoms with Crippen LogP contribution < -0.4 is 0 Å². The molecule has 2 fully saturated rings. The molecule has 0 aromatic heterocycles. The highest BCUT2D eigenvalue weighted by atomic mass is 33.7. The lowest BCUT2D eigenvalue weighted by Gasteiger charge is -2.19. The maximum Gasteiger partial charge on any atom is 0.233 e. The van der Waals surface area contributed by atoms with Gasteiger partial charge in [-0.15, -0.1) is 0 Å². The normalized spacial score (nSPS) is 21.8. The van der Waals surface area contributed by atoms with E-state index >= 15 is 0 Å². The predicted molar refractivity (Wildman–Crippen MR) is 90.7 cm³/mol. The summed E-state index contributed by atoms with van der Waals surface area (Å²) >= 11 is 0. The van der Waals surface area contributed by atoms with Gasteiger partial charge >= 0.3 is 0 Å². The number of amides is 2. The number of carbonyl (C=O) groups is 2. The van der Waals surface area contributed by atoms with Gasteiger partial charge in [-0.2, -0.15) is 0 Å². The van der Waals surface area contributed by atoms with Gasteiger partial charge in [0, 0.05) is 67.5 Å². The Balaban J connectivity index is 1.64. The summed E-state index contributed by atoms with van der Waals surface area (Å²) in [5, 5.41) is 0. The van der Waals surface area contributed by atoms with Crippen LogP contribution in [0.3, 0.4) is 0 Å². The average molecular weight is 353 g/mol. The highest BCUT2D eigenvalue weighted by Gasteiger charge is 2.20. The second kappa shape index (κ2) is 9.38. The molecule has 20 heavy (non-hydrogen) atoms. The van der Waals surface area contributed by atoms with E-state index in [1.807, 2.05) is 8.61 Å². The van der Waals surface area contributed by atoms with E-state index in [9.17, 15) is 9.59 Å². The molecule has 0 aromatic carbocycles. The van der Waals surface area contributed by atoms with Crippen LogP contribution in [0.25, 0.3) is 0 Å². The number of hydrogen-bond acceptors (Lipinski definition) is 6. The third-order valence-corrected chi connectivity index (χ3v) is 9.35. The summed E-state index contributed by atoms with van der Waals surface area (Å²) < 4.78 is 3.74. The van der Waals surface area contributed by atoms with Crippen molar-refractivity contribution in [3.05, 3.63) is 0 Å². The molecule has 0 unspecified atom stereocenters. The van der Waals surface area contributed by atoms with Crippen molar-refractivity contribution in [2.45, 2.75) is 51.4 Å². The molecule has 2 amide bonds. The van der Waals surface area contributed by atoms with Crippen molar-refractivity contribution in [2.24, 2.45) is 0 Å². The zero-order valence-corrected chi connectivity index (χ0v) is 14.7. The number of rotatable bonds is 5. The van der Waals surface area contributed by atoms with Gasteiger partial charge in [-0.05, 0) is 25.7 Å². The van der Waals surface area contributed by atoms with Gasteiger partial charge in [-0.25, -0.2) is 0 Å². The summed E-state index contributed by atoms with van der Waals surface area (Å²) in [4.78, 5) is 23.6. The van der Waals surface area contributed by atoms with Gasteiger partial charge in [0.1, 0.15) is 0 Å². The molecular weight excluding hydrogens is 332 g/mol. The van der Waals surface area contributed by atoms with Crippen molar-refractivity contribution in [2.75, 3.05) is 13.1 Å².